The molecule has 1 aliphatic carbocycles. The molecule has 1 saturated carbocycles. The van der Waals surface area contributed by atoms with E-state index in [4.69, 9.17) is 4.42 Å². The quantitative estimate of drug-likeness (QED) is 0.446. The first-order valence-corrected chi connectivity index (χ1v) is 5.89. The minimum absolute atomic E-state index is 0.125. The van der Waals surface area contributed by atoms with E-state index in [1.165, 1.54) is 19.1 Å². The Hall–Kier alpha value is -1.38. The van der Waals surface area contributed by atoms with Gasteiger partial charge in [-0.1, -0.05) is 25.7 Å². The molecule has 0 atom stereocenters. The molecule has 16 heavy (non-hydrogen) atoms. The first-order chi connectivity index (χ1) is 7.81. The molecule has 0 amide bonds. The Morgan fingerprint density at radius 3 is 2.50 bits per heavy atom. The van der Waals surface area contributed by atoms with E-state index in [-0.39, 0.29) is 17.5 Å². The van der Waals surface area contributed by atoms with Crippen molar-refractivity contribution in [1.29, 1.82) is 0 Å². The Kier molecular flexibility index (Phi) is 3.54. The maximum absolute atomic E-state index is 12.1. The Morgan fingerprint density at radius 1 is 1.25 bits per heavy atom. The van der Waals surface area contributed by atoms with Gasteiger partial charge in [-0.2, -0.15) is 0 Å². The summed E-state index contributed by atoms with van der Waals surface area (Å²) in [6.45, 7) is 0. The Morgan fingerprint density at radius 2 is 1.94 bits per heavy atom. The summed E-state index contributed by atoms with van der Waals surface area (Å²) in [4.78, 5) is 22.6. The summed E-state index contributed by atoms with van der Waals surface area (Å²) in [6, 6.07) is 1.54. The van der Waals surface area contributed by atoms with Crippen LogP contribution in [0.3, 0.4) is 0 Å². The Bertz CT molecular complexity index is 370. The second kappa shape index (κ2) is 5.10. The summed E-state index contributed by atoms with van der Waals surface area (Å²) in [5.74, 6) is 0.496. The number of Topliss-reactive ketones (excluding diaryl/α,β-unsaturated/α-hetero) is 1. The fourth-order valence-corrected chi connectivity index (χ4v) is 2.32. The van der Waals surface area contributed by atoms with Crippen LogP contribution in [0, 0.1) is 5.92 Å². The number of hydrogen-bond donors (Lipinski definition) is 0. The summed E-state index contributed by atoms with van der Waals surface area (Å²) in [5.41, 5.74) is 0.550. The smallest absolute Gasteiger partial charge is 0.185 e. The highest BCUT2D eigenvalue weighted by Gasteiger charge is 2.22. The molecule has 1 aliphatic rings. The van der Waals surface area contributed by atoms with Gasteiger partial charge in [-0.3, -0.25) is 9.59 Å². The van der Waals surface area contributed by atoms with Crippen LogP contribution in [0.2, 0.25) is 0 Å². The molecule has 0 spiro atoms. The lowest BCUT2D eigenvalue weighted by Gasteiger charge is -2.10. The highest BCUT2D eigenvalue weighted by Crippen LogP contribution is 2.26. The van der Waals surface area contributed by atoms with Gasteiger partial charge in [-0.15, -0.1) is 0 Å². The number of ketones is 1. The number of aldehydes is 1. The predicted octanol–water partition coefficient (Wildman–Crippen LogP) is 3.25. The molecule has 1 fully saturated rings. The van der Waals surface area contributed by atoms with E-state index in [1.807, 2.05) is 0 Å². The zero-order valence-electron chi connectivity index (χ0n) is 9.28. The molecule has 2 rings (SSSR count). The van der Waals surface area contributed by atoms with E-state index in [9.17, 15) is 9.59 Å². The van der Waals surface area contributed by atoms with Crippen LogP contribution in [0.5, 0.6) is 0 Å². The van der Waals surface area contributed by atoms with Gasteiger partial charge in [-0.25, -0.2) is 0 Å². The predicted molar refractivity (Wildman–Crippen MR) is 59.6 cm³/mol. The fraction of sp³-hybridized carbons (Fsp3) is 0.538. The van der Waals surface area contributed by atoms with Crippen molar-refractivity contribution in [2.45, 2.75) is 38.5 Å². The molecule has 1 aromatic rings. The van der Waals surface area contributed by atoms with Crippen molar-refractivity contribution in [3.05, 3.63) is 23.7 Å². The largest absolute Gasteiger partial charge is 0.461 e. The van der Waals surface area contributed by atoms with Crippen molar-refractivity contribution in [1.82, 2.24) is 0 Å². The van der Waals surface area contributed by atoms with Gasteiger partial charge >= 0.3 is 0 Å². The van der Waals surface area contributed by atoms with Crippen LogP contribution < -0.4 is 0 Å². The highest BCUT2D eigenvalue weighted by molar-refractivity contribution is 5.98. The first-order valence-electron chi connectivity index (χ1n) is 5.89. The molecule has 0 unspecified atom stereocenters. The van der Waals surface area contributed by atoms with Gasteiger partial charge in [0.1, 0.15) is 6.26 Å². The van der Waals surface area contributed by atoms with Crippen molar-refractivity contribution in [2.75, 3.05) is 0 Å². The summed E-state index contributed by atoms with van der Waals surface area (Å²) in [6.07, 6.45) is 8.70. The molecule has 1 aromatic heterocycles. The van der Waals surface area contributed by atoms with Crippen molar-refractivity contribution >= 4 is 12.1 Å². The molecular formula is C13H16O3. The van der Waals surface area contributed by atoms with Gasteiger partial charge in [-0.05, 0) is 18.9 Å². The molecule has 1 heterocycles. The summed E-state index contributed by atoms with van der Waals surface area (Å²) < 4.78 is 4.97. The Labute approximate surface area is 94.8 Å². The van der Waals surface area contributed by atoms with Crippen LogP contribution in [0.15, 0.2) is 16.7 Å². The minimum atomic E-state index is 0.125. The van der Waals surface area contributed by atoms with Crippen LogP contribution in [0.25, 0.3) is 0 Å². The van der Waals surface area contributed by atoms with Crippen molar-refractivity contribution in [2.24, 2.45) is 5.92 Å². The zero-order chi connectivity index (χ0) is 11.4. The normalized spacial score (nSPS) is 18.0. The number of furan rings is 1. The van der Waals surface area contributed by atoms with Crippen LogP contribution in [-0.4, -0.2) is 12.1 Å². The Balaban J connectivity index is 2.07. The molecule has 86 valence electrons. The number of hydrogen-bond acceptors (Lipinski definition) is 3. The average molecular weight is 220 g/mol. The average Bonchev–Trinajstić information content (AvgIpc) is 2.62. The lowest BCUT2D eigenvalue weighted by atomic mass is 9.92. The topological polar surface area (TPSA) is 47.3 Å². The van der Waals surface area contributed by atoms with E-state index in [1.54, 1.807) is 6.07 Å². The maximum atomic E-state index is 12.1. The molecule has 0 saturated heterocycles. The third-order valence-electron chi connectivity index (χ3n) is 3.25. The molecule has 3 nitrogen and oxygen atoms in total. The van der Waals surface area contributed by atoms with E-state index in [0.29, 0.717) is 11.8 Å². The molecule has 0 N–H and O–H groups in total. The SMILES string of the molecule is O=Cc1cc(C(=O)C2CCCCCC2)co1. The highest BCUT2D eigenvalue weighted by atomic mass is 16.3. The van der Waals surface area contributed by atoms with Crippen LogP contribution in [0.4, 0.5) is 0 Å². The minimum Gasteiger partial charge on any atom is -0.461 e. The number of carbonyl (C=O) groups is 2. The van der Waals surface area contributed by atoms with Crippen LogP contribution in [-0.2, 0) is 0 Å². The van der Waals surface area contributed by atoms with Gasteiger partial charge in [0.2, 0.25) is 0 Å². The van der Waals surface area contributed by atoms with E-state index >= 15 is 0 Å². The van der Waals surface area contributed by atoms with Gasteiger partial charge in [0.15, 0.2) is 17.8 Å². The third kappa shape index (κ3) is 2.40. The summed E-state index contributed by atoms with van der Waals surface area (Å²) in [5, 5.41) is 0. The van der Waals surface area contributed by atoms with Crippen LogP contribution >= 0.6 is 0 Å². The fourth-order valence-electron chi connectivity index (χ4n) is 2.32. The van der Waals surface area contributed by atoms with E-state index < -0.39 is 0 Å². The first kappa shape index (κ1) is 11.1. The molecule has 0 aromatic carbocycles. The van der Waals surface area contributed by atoms with Crippen molar-refractivity contribution in [3.63, 3.8) is 0 Å². The zero-order valence-corrected chi connectivity index (χ0v) is 9.28. The summed E-state index contributed by atoms with van der Waals surface area (Å²) >= 11 is 0. The molecule has 3 heteroatoms. The van der Waals surface area contributed by atoms with E-state index in [0.717, 1.165) is 25.7 Å². The lowest BCUT2D eigenvalue weighted by molar-refractivity contribution is 0.0907. The lowest BCUT2D eigenvalue weighted by Crippen LogP contribution is -2.13. The maximum Gasteiger partial charge on any atom is 0.185 e. The van der Waals surface area contributed by atoms with E-state index in [2.05, 4.69) is 0 Å². The van der Waals surface area contributed by atoms with Gasteiger partial charge in [0.25, 0.3) is 0 Å². The van der Waals surface area contributed by atoms with Gasteiger partial charge in [0, 0.05) is 5.92 Å². The third-order valence-corrected chi connectivity index (χ3v) is 3.25. The number of carbonyl (C=O) groups excluding carboxylic acids is 2. The van der Waals surface area contributed by atoms with Gasteiger partial charge < -0.3 is 4.42 Å². The second-order valence-electron chi connectivity index (χ2n) is 4.41. The number of rotatable bonds is 3. The standard InChI is InChI=1S/C13H16O3/c14-8-12-7-11(9-16-12)13(15)10-5-3-1-2-4-6-10/h7-10H,1-6H2. The van der Waals surface area contributed by atoms with Crippen molar-refractivity contribution in [3.8, 4) is 0 Å². The second-order valence-corrected chi connectivity index (χ2v) is 4.41. The molecular weight excluding hydrogens is 204 g/mol. The monoisotopic (exact) mass is 220 g/mol. The summed E-state index contributed by atoms with van der Waals surface area (Å²) in [7, 11) is 0. The molecule has 0 bridgehead atoms. The molecule has 0 radical (unpaired) electrons. The van der Waals surface area contributed by atoms with Crippen molar-refractivity contribution < 1.29 is 14.0 Å². The van der Waals surface area contributed by atoms with Crippen LogP contribution in [0.1, 0.15) is 59.4 Å². The molecule has 0 aliphatic heterocycles. The van der Waals surface area contributed by atoms with Gasteiger partial charge in [0.05, 0.1) is 5.56 Å².